The molecule has 1 aliphatic carbocycles. The van der Waals surface area contributed by atoms with Crippen LogP contribution in [0.2, 0.25) is 0 Å². The summed E-state index contributed by atoms with van der Waals surface area (Å²) in [5.41, 5.74) is 7.11. The summed E-state index contributed by atoms with van der Waals surface area (Å²) in [4.78, 5) is 0. The Morgan fingerprint density at radius 3 is 2.61 bits per heavy atom. The molecule has 0 amide bonds. The second kappa shape index (κ2) is 6.34. The van der Waals surface area contributed by atoms with E-state index < -0.39 is 0 Å². The molecule has 0 radical (unpaired) electrons. The van der Waals surface area contributed by atoms with Gasteiger partial charge in [-0.3, -0.25) is 4.68 Å². The summed E-state index contributed by atoms with van der Waals surface area (Å²) < 4.78 is 8.07. The monoisotopic (exact) mass is 251 g/mol. The predicted octanol–water partition coefficient (Wildman–Crippen LogP) is 2.03. The smallest absolute Gasteiger partial charge is 0.0804 e. The standard InChI is InChI=1S/C14H25N3O/c1-17-13(6-10-16-17)7-11-18-14(12-15)8-4-2-3-5-9-14/h6,10H,2-5,7-9,11-12,15H2,1H3. The highest BCUT2D eigenvalue weighted by molar-refractivity contribution is 5.00. The van der Waals surface area contributed by atoms with Crippen molar-refractivity contribution in [2.24, 2.45) is 12.8 Å². The second-order valence-corrected chi connectivity index (χ2v) is 5.35. The molecular formula is C14H25N3O. The van der Waals surface area contributed by atoms with Gasteiger partial charge in [0.15, 0.2) is 0 Å². The molecule has 18 heavy (non-hydrogen) atoms. The Balaban J connectivity index is 1.84. The maximum Gasteiger partial charge on any atom is 0.0804 e. The van der Waals surface area contributed by atoms with E-state index in [1.807, 2.05) is 24.0 Å². The van der Waals surface area contributed by atoms with Gasteiger partial charge in [0.2, 0.25) is 0 Å². The molecule has 0 atom stereocenters. The summed E-state index contributed by atoms with van der Waals surface area (Å²) in [6, 6.07) is 2.05. The zero-order valence-electron chi connectivity index (χ0n) is 11.4. The molecule has 1 heterocycles. The van der Waals surface area contributed by atoms with Gasteiger partial charge in [0.1, 0.15) is 0 Å². The Labute approximate surface area is 110 Å². The normalized spacial score (nSPS) is 19.7. The van der Waals surface area contributed by atoms with Crippen molar-refractivity contribution in [3.8, 4) is 0 Å². The molecule has 0 aromatic carbocycles. The van der Waals surface area contributed by atoms with Crippen molar-refractivity contribution in [3.63, 3.8) is 0 Å². The van der Waals surface area contributed by atoms with Crippen LogP contribution in [0.5, 0.6) is 0 Å². The zero-order chi connectivity index (χ0) is 12.8. The van der Waals surface area contributed by atoms with Gasteiger partial charge >= 0.3 is 0 Å². The quantitative estimate of drug-likeness (QED) is 0.815. The summed E-state index contributed by atoms with van der Waals surface area (Å²) in [6.45, 7) is 1.40. The van der Waals surface area contributed by atoms with Crippen molar-refractivity contribution >= 4 is 0 Å². The lowest BCUT2D eigenvalue weighted by molar-refractivity contribution is -0.0483. The molecule has 1 aromatic rings. The van der Waals surface area contributed by atoms with E-state index in [0.717, 1.165) is 25.9 Å². The van der Waals surface area contributed by atoms with Crippen LogP contribution in [0.1, 0.15) is 44.2 Å². The van der Waals surface area contributed by atoms with Crippen molar-refractivity contribution in [2.75, 3.05) is 13.2 Å². The molecule has 0 aliphatic heterocycles. The molecule has 4 heteroatoms. The summed E-state index contributed by atoms with van der Waals surface area (Å²) >= 11 is 0. The highest BCUT2D eigenvalue weighted by Crippen LogP contribution is 2.29. The number of rotatable bonds is 5. The molecule has 2 N–H and O–H groups in total. The van der Waals surface area contributed by atoms with E-state index in [1.165, 1.54) is 31.4 Å². The number of nitrogens with two attached hydrogens (primary N) is 1. The lowest BCUT2D eigenvalue weighted by Crippen LogP contribution is -2.40. The summed E-state index contributed by atoms with van der Waals surface area (Å²) in [7, 11) is 1.97. The first-order valence-corrected chi connectivity index (χ1v) is 7.07. The van der Waals surface area contributed by atoms with Gasteiger partial charge in [0.05, 0.1) is 12.2 Å². The van der Waals surface area contributed by atoms with Gasteiger partial charge in [0, 0.05) is 31.9 Å². The lowest BCUT2D eigenvalue weighted by Gasteiger charge is -2.31. The molecule has 1 aromatic heterocycles. The van der Waals surface area contributed by atoms with Crippen LogP contribution in [0.25, 0.3) is 0 Å². The summed E-state index contributed by atoms with van der Waals surface area (Å²) in [5.74, 6) is 0. The Morgan fingerprint density at radius 2 is 2.06 bits per heavy atom. The molecule has 0 saturated heterocycles. The molecule has 0 bridgehead atoms. The van der Waals surface area contributed by atoms with Gasteiger partial charge in [0.25, 0.3) is 0 Å². The SMILES string of the molecule is Cn1nccc1CCOC1(CN)CCCCCC1. The molecule has 1 fully saturated rings. The van der Waals surface area contributed by atoms with Crippen LogP contribution < -0.4 is 5.73 Å². The van der Waals surface area contributed by atoms with E-state index in [9.17, 15) is 0 Å². The molecule has 1 saturated carbocycles. The van der Waals surface area contributed by atoms with Crippen LogP contribution >= 0.6 is 0 Å². The van der Waals surface area contributed by atoms with Crippen molar-refractivity contribution in [1.82, 2.24) is 9.78 Å². The van der Waals surface area contributed by atoms with E-state index in [2.05, 4.69) is 5.10 Å². The number of aryl methyl sites for hydroxylation is 1. The van der Waals surface area contributed by atoms with E-state index in [1.54, 1.807) is 0 Å². The third-order valence-electron chi connectivity index (χ3n) is 4.08. The minimum Gasteiger partial charge on any atom is -0.373 e. The van der Waals surface area contributed by atoms with Gasteiger partial charge in [-0.05, 0) is 18.9 Å². The van der Waals surface area contributed by atoms with Crippen LogP contribution in [0, 0.1) is 0 Å². The van der Waals surface area contributed by atoms with Crippen molar-refractivity contribution in [3.05, 3.63) is 18.0 Å². The maximum absolute atomic E-state index is 6.16. The van der Waals surface area contributed by atoms with E-state index in [0.29, 0.717) is 6.54 Å². The van der Waals surface area contributed by atoms with Crippen LogP contribution in [0.3, 0.4) is 0 Å². The van der Waals surface area contributed by atoms with Crippen molar-refractivity contribution < 1.29 is 4.74 Å². The van der Waals surface area contributed by atoms with E-state index >= 15 is 0 Å². The van der Waals surface area contributed by atoms with Crippen LogP contribution in [0.4, 0.5) is 0 Å². The Morgan fingerprint density at radius 1 is 1.33 bits per heavy atom. The summed E-state index contributed by atoms with van der Waals surface area (Å²) in [5, 5.41) is 4.17. The lowest BCUT2D eigenvalue weighted by atomic mass is 9.94. The third kappa shape index (κ3) is 3.33. The molecule has 1 aliphatic rings. The van der Waals surface area contributed by atoms with E-state index in [4.69, 9.17) is 10.5 Å². The largest absolute Gasteiger partial charge is 0.373 e. The molecule has 102 valence electrons. The first-order chi connectivity index (χ1) is 8.76. The minimum absolute atomic E-state index is 0.0604. The van der Waals surface area contributed by atoms with Gasteiger partial charge in [-0.1, -0.05) is 25.7 Å². The molecule has 0 spiro atoms. The molecule has 4 nitrogen and oxygen atoms in total. The number of aromatic nitrogens is 2. The maximum atomic E-state index is 6.16. The average molecular weight is 251 g/mol. The zero-order valence-corrected chi connectivity index (χ0v) is 11.4. The fourth-order valence-electron chi connectivity index (χ4n) is 2.80. The highest BCUT2D eigenvalue weighted by atomic mass is 16.5. The topological polar surface area (TPSA) is 53.1 Å². The molecule has 2 rings (SSSR count). The third-order valence-corrected chi connectivity index (χ3v) is 4.08. The fourth-order valence-corrected chi connectivity index (χ4v) is 2.80. The van der Waals surface area contributed by atoms with Gasteiger partial charge in [-0.25, -0.2) is 0 Å². The average Bonchev–Trinajstić information content (AvgIpc) is 2.66. The van der Waals surface area contributed by atoms with Gasteiger partial charge in [-0.15, -0.1) is 0 Å². The van der Waals surface area contributed by atoms with Crippen molar-refractivity contribution in [1.29, 1.82) is 0 Å². The number of hydrogen-bond acceptors (Lipinski definition) is 3. The number of ether oxygens (including phenoxy) is 1. The summed E-state index contributed by atoms with van der Waals surface area (Å²) in [6.07, 6.45) is 10.1. The minimum atomic E-state index is -0.0604. The number of nitrogens with zero attached hydrogens (tertiary/aromatic N) is 2. The first kappa shape index (κ1) is 13.6. The van der Waals surface area contributed by atoms with Crippen LogP contribution in [0.15, 0.2) is 12.3 Å². The number of hydrogen-bond donors (Lipinski definition) is 1. The highest BCUT2D eigenvalue weighted by Gasteiger charge is 2.30. The van der Waals surface area contributed by atoms with Crippen LogP contribution in [-0.2, 0) is 18.2 Å². The Bertz CT molecular complexity index is 354. The fraction of sp³-hybridized carbons (Fsp3) is 0.786. The predicted molar refractivity (Wildman–Crippen MR) is 72.4 cm³/mol. The molecular weight excluding hydrogens is 226 g/mol. The van der Waals surface area contributed by atoms with Gasteiger partial charge < -0.3 is 10.5 Å². The Hall–Kier alpha value is -0.870. The molecule has 0 unspecified atom stereocenters. The van der Waals surface area contributed by atoms with E-state index in [-0.39, 0.29) is 5.60 Å². The van der Waals surface area contributed by atoms with Crippen LogP contribution in [-0.4, -0.2) is 28.5 Å². The second-order valence-electron chi connectivity index (χ2n) is 5.35. The Kier molecular flexibility index (Phi) is 4.78. The van der Waals surface area contributed by atoms with Crippen molar-refractivity contribution in [2.45, 2.75) is 50.5 Å². The van der Waals surface area contributed by atoms with Gasteiger partial charge in [-0.2, -0.15) is 5.10 Å². The first-order valence-electron chi connectivity index (χ1n) is 7.07.